The molecule has 2 N–H and O–H groups in total. The first-order valence-electron chi connectivity index (χ1n) is 10.2. The van der Waals surface area contributed by atoms with Gasteiger partial charge in [-0.15, -0.1) is 24.0 Å². The van der Waals surface area contributed by atoms with Gasteiger partial charge in [0.05, 0.1) is 7.11 Å². The van der Waals surface area contributed by atoms with Crippen LogP contribution in [0.2, 0.25) is 0 Å². The summed E-state index contributed by atoms with van der Waals surface area (Å²) in [5.41, 5.74) is 2.22. The largest absolute Gasteiger partial charge is 0.496 e. The van der Waals surface area contributed by atoms with Crippen molar-refractivity contribution in [2.75, 3.05) is 51.8 Å². The zero-order chi connectivity index (χ0) is 20.5. The first-order valence-corrected chi connectivity index (χ1v) is 10.2. The topological polar surface area (TPSA) is 65.0 Å². The van der Waals surface area contributed by atoms with Crippen molar-refractivity contribution in [3.05, 3.63) is 53.7 Å². The van der Waals surface area contributed by atoms with E-state index in [9.17, 15) is 0 Å². The van der Waals surface area contributed by atoms with Crippen molar-refractivity contribution in [3.8, 4) is 5.75 Å². The van der Waals surface area contributed by atoms with Gasteiger partial charge in [-0.1, -0.05) is 31.2 Å². The standard InChI is InChI=1S/C22H32N6O.HI/c1-4-27-11-13-28(14-12-27)21-10-9-18(15-24-21)16-25-22(23-2)26-17-19-7-5-6-8-20(19)29-3;/h5-10,15H,4,11-14,16-17H2,1-3H3,(H2,23,25,26);1H. The lowest BCUT2D eigenvalue weighted by Gasteiger charge is -2.34. The minimum Gasteiger partial charge on any atom is -0.496 e. The number of guanidine groups is 1. The zero-order valence-corrected chi connectivity index (χ0v) is 20.4. The number of hydrogen-bond acceptors (Lipinski definition) is 5. The molecule has 8 heteroatoms. The Hall–Kier alpha value is -2.07. The molecule has 1 aliphatic rings. The second-order valence-corrected chi connectivity index (χ2v) is 7.04. The van der Waals surface area contributed by atoms with Gasteiger partial charge >= 0.3 is 0 Å². The molecule has 1 aromatic heterocycles. The monoisotopic (exact) mass is 524 g/mol. The van der Waals surface area contributed by atoms with Crippen molar-refractivity contribution in [1.29, 1.82) is 0 Å². The first-order chi connectivity index (χ1) is 14.2. The maximum Gasteiger partial charge on any atom is 0.191 e. The molecule has 0 unspecified atom stereocenters. The number of rotatable bonds is 7. The number of nitrogens with zero attached hydrogens (tertiary/aromatic N) is 4. The van der Waals surface area contributed by atoms with Crippen molar-refractivity contribution in [2.45, 2.75) is 20.0 Å². The molecular formula is C22H33IN6O. The molecule has 1 fully saturated rings. The fraction of sp³-hybridized carbons (Fsp3) is 0.455. The molecule has 2 aromatic rings. The Morgan fingerprint density at radius 1 is 1.07 bits per heavy atom. The third-order valence-electron chi connectivity index (χ3n) is 5.27. The van der Waals surface area contributed by atoms with Gasteiger partial charge in [-0.2, -0.15) is 0 Å². The maximum absolute atomic E-state index is 5.40. The van der Waals surface area contributed by atoms with E-state index >= 15 is 0 Å². The van der Waals surface area contributed by atoms with Crippen LogP contribution >= 0.6 is 24.0 Å². The Bertz CT molecular complexity index is 790. The minimum absolute atomic E-state index is 0. The highest BCUT2D eigenvalue weighted by Crippen LogP contribution is 2.17. The third kappa shape index (κ3) is 6.73. The van der Waals surface area contributed by atoms with Gasteiger partial charge < -0.3 is 25.2 Å². The van der Waals surface area contributed by atoms with E-state index in [2.05, 4.69) is 49.5 Å². The molecule has 164 valence electrons. The van der Waals surface area contributed by atoms with Crippen LogP contribution in [0.25, 0.3) is 0 Å². The number of nitrogens with one attached hydrogen (secondary N) is 2. The molecule has 0 radical (unpaired) electrons. The van der Waals surface area contributed by atoms with Gasteiger partial charge in [0.2, 0.25) is 0 Å². The average molecular weight is 524 g/mol. The number of pyridine rings is 1. The number of hydrogen-bond donors (Lipinski definition) is 2. The van der Waals surface area contributed by atoms with Gasteiger partial charge in [-0.3, -0.25) is 4.99 Å². The maximum atomic E-state index is 5.40. The summed E-state index contributed by atoms with van der Waals surface area (Å²) < 4.78 is 5.40. The number of piperazine rings is 1. The number of para-hydroxylation sites is 1. The number of aliphatic imine (C=N–C) groups is 1. The molecule has 0 saturated carbocycles. The smallest absolute Gasteiger partial charge is 0.191 e. The van der Waals surface area contributed by atoms with Crippen molar-refractivity contribution >= 4 is 35.8 Å². The van der Waals surface area contributed by atoms with E-state index in [0.29, 0.717) is 13.1 Å². The normalized spacial score (nSPS) is 14.8. The molecule has 1 saturated heterocycles. The molecule has 0 aliphatic carbocycles. The lowest BCUT2D eigenvalue weighted by molar-refractivity contribution is 0.270. The van der Waals surface area contributed by atoms with Crippen LogP contribution in [0.1, 0.15) is 18.1 Å². The molecule has 0 spiro atoms. The van der Waals surface area contributed by atoms with Crippen LogP contribution in [0.15, 0.2) is 47.6 Å². The number of likely N-dealkylation sites (N-methyl/N-ethyl adjacent to an activating group) is 1. The summed E-state index contributed by atoms with van der Waals surface area (Å²) in [4.78, 5) is 13.8. The predicted molar refractivity (Wildman–Crippen MR) is 134 cm³/mol. The molecule has 1 aromatic carbocycles. The molecule has 3 rings (SSSR count). The van der Waals surface area contributed by atoms with Crippen molar-refractivity contribution in [2.24, 2.45) is 4.99 Å². The van der Waals surface area contributed by atoms with E-state index < -0.39 is 0 Å². The third-order valence-corrected chi connectivity index (χ3v) is 5.27. The number of anilines is 1. The Labute approximate surface area is 196 Å². The van der Waals surface area contributed by atoms with E-state index in [1.54, 1.807) is 14.2 Å². The van der Waals surface area contributed by atoms with Gasteiger partial charge in [0.1, 0.15) is 11.6 Å². The van der Waals surface area contributed by atoms with Crippen molar-refractivity contribution in [1.82, 2.24) is 20.5 Å². The molecule has 0 atom stereocenters. The van der Waals surface area contributed by atoms with Gasteiger partial charge in [0, 0.05) is 58.1 Å². The summed E-state index contributed by atoms with van der Waals surface area (Å²) in [6, 6.07) is 12.2. The van der Waals surface area contributed by atoms with Gasteiger partial charge in [-0.05, 0) is 24.2 Å². The zero-order valence-electron chi connectivity index (χ0n) is 18.1. The Morgan fingerprint density at radius 3 is 2.43 bits per heavy atom. The van der Waals surface area contributed by atoms with E-state index in [1.807, 2.05) is 30.5 Å². The molecule has 0 amide bonds. The highest BCUT2D eigenvalue weighted by atomic mass is 127. The second-order valence-electron chi connectivity index (χ2n) is 7.04. The summed E-state index contributed by atoms with van der Waals surface area (Å²) in [6.45, 7) is 8.95. The summed E-state index contributed by atoms with van der Waals surface area (Å²) in [6.07, 6.45) is 1.95. The predicted octanol–water partition coefficient (Wildman–Crippen LogP) is 2.72. The highest BCUT2D eigenvalue weighted by Gasteiger charge is 2.16. The van der Waals surface area contributed by atoms with Crippen LogP contribution in [0.4, 0.5) is 5.82 Å². The second kappa shape index (κ2) is 12.6. The van der Waals surface area contributed by atoms with E-state index in [4.69, 9.17) is 4.74 Å². The van der Waals surface area contributed by atoms with Crippen LogP contribution in [0.5, 0.6) is 5.75 Å². The lowest BCUT2D eigenvalue weighted by Crippen LogP contribution is -2.46. The molecule has 0 bridgehead atoms. The Balaban J connectivity index is 0.00000320. The first kappa shape index (κ1) is 24.2. The van der Waals surface area contributed by atoms with E-state index in [1.165, 1.54) is 0 Å². The van der Waals surface area contributed by atoms with Crippen molar-refractivity contribution < 1.29 is 4.74 Å². The van der Waals surface area contributed by atoms with E-state index in [0.717, 1.165) is 61.4 Å². The summed E-state index contributed by atoms with van der Waals surface area (Å²) in [5, 5.41) is 6.67. The molecule has 30 heavy (non-hydrogen) atoms. The number of benzene rings is 1. The fourth-order valence-electron chi connectivity index (χ4n) is 3.44. The summed E-state index contributed by atoms with van der Waals surface area (Å²) in [5.74, 6) is 2.67. The van der Waals surface area contributed by atoms with Crippen LogP contribution in [0.3, 0.4) is 0 Å². The summed E-state index contributed by atoms with van der Waals surface area (Å²) >= 11 is 0. The molecular weight excluding hydrogens is 491 g/mol. The highest BCUT2D eigenvalue weighted by molar-refractivity contribution is 14.0. The van der Waals surface area contributed by atoms with E-state index in [-0.39, 0.29) is 24.0 Å². The molecule has 2 heterocycles. The fourth-order valence-corrected chi connectivity index (χ4v) is 3.44. The SMILES string of the molecule is CCN1CCN(c2ccc(CNC(=NC)NCc3ccccc3OC)cn2)CC1.I. The number of ether oxygens (including phenoxy) is 1. The Morgan fingerprint density at radius 2 is 1.80 bits per heavy atom. The number of methoxy groups -OCH3 is 1. The number of halogens is 1. The van der Waals surface area contributed by atoms with Crippen LogP contribution in [-0.4, -0.2) is 62.7 Å². The number of aromatic nitrogens is 1. The molecule has 1 aliphatic heterocycles. The van der Waals surface area contributed by atoms with Crippen LogP contribution in [-0.2, 0) is 13.1 Å². The van der Waals surface area contributed by atoms with Crippen LogP contribution in [0, 0.1) is 0 Å². The lowest BCUT2D eigenvalue weighted by atomic mass is 10.2. The quantitative estimate of drug-likeness (QED) is 0.330. The average Bonchev–Trinajstić information content (AvgIpc) is 2.80. The van der Waals surface area contributed by atoms with Gasteiger partial charge in [0.15, 0.2) is 5.96 Å². The minimum atomic E-state index is 0. The van der Waals surface area contributed by atoms with Gasteiger partial charge in [-0.25, -0.2) is 4.98 Å². The molecule has 7 nitrogen and oxygen atoms in total. The van der Waals surface area contributed by atoms with Crippen molar-refractivity contribution in [3.63, 3.8) is 0 Å². The van der Waals surface area contributed by atoms with Crippen LogP contribution < -0.4 is 20.3 Å². The summed E-state index contributed by atoms with van der Waals surface area (Å²) in [7, 11) is 3.46. The van der Waals surface area contributed by atoms with Gasteiger partial charge in [0.25, 0.3) is 0 Å². The Kier molecular flexibility index (Phi) is 10.2.